The van der Waals surface area contributed by atoms with Crippen molar-refractivity contribution >= 4 is 0 Å². The van der Waals surface area contributed by atoms with Gasteiger partial charge in [0.25, 0.3) is 0 Å². The van der Waals surface area contributed by atoms with Crippen molar-refractivity contribution in [1.29, 1.82) is 0 Å². The van der Waals surface area contributed by atoms with Crippen molar-refractivity contribution in [3.8, 4) is 0 Å². The molecule has 3 heteroatoms. The first kappa shape index (κ1) is 15.3. The van der Waals surface area contributed by atoms with Gasteiger partial charge >= 0.3 is 0 Å². The normalized spacial score (nSPS) is 24.2. The molecule has 2 rings (SSSR count). The summed E-state index contributed by atoms with van der Waals surface area (Å²) < 4.78 is 0. The summed E-state index contributed by atoms with van der Waals surface area (Å²) >= 11 is 0. The highest BCUT2D eigenvalue weighted by Crippen LogP contribution is 2.21. The number of hydrogen-bond acceptors (Lipinski definition) is 3. The second-order valence-electron chi connectivity index (χ2n) is 6.66. The van der Waals surface area contributed by atoms with Crippen LogP contribution in [0.25, 0.3) is 0 Å². The van der Waals surface area contributed by atoms with Crippen LogP contribution in [0.4, 0.5) is 0 Å². The monoisotopic (exact) mass is 267 g/mol. The van der Waals surface area contributed by atoms with E-state index in [1.54, 1.807) is 0 Å². The highest BCUT2D eigenvalue weighted by molar-refractivity contribution is 4.76. The fourth-order valence-electron chi connectivity index (χ4n) is 3.55. The first-order valence-corrected chi connectivity index (χ1v) is 8.38. The average Bonchev–Trinajstić information content (AvgIpc) is 2.46. The maximum atomic E-state index is 3.75. The molecule has 0 aromatic rings. The minimum atomic E-state index is 0.774. The maximum absolute atomic E-state index is 3.75. The SMILES string of the molecule is CN1CCC(NCCCN(C)C2CCCCC2)CC1. The van der Waals surface area contributed by atoms with Gasteiger partial charge in [0.1, 0.15) is 0 Å². The van der Waals surface area contributed by atoms with Gasteiger partial charge in [-0.25, -0.2) is 0 Å². The van der Waals surface area contributed by atoms with Crippen molar-refractivity contribution in [3.63, 3.8) is 0 Å². The maximum Gasteiger partial charge on any atom is 0.00922 e. The van der Waals surface area contributed by atoms with Crippen LogP contribution in [0, 0.1) is 0 Å². The predicted molar refractivity (Wildman–Crippen MR) is 82.6 cm³/mol. The molecule has 3 nitrogen and oxygen atoms in total. The molecule has 112 valence electrons. The van der Waals surface area contributed by atoms with Gasteiger partial charge in [0.15, 0.2) is 0 Å². The highest BCUT2D eigenvalue weighted by atomic mass is 15.1. The van der Waals surface area contributed by atoms with Crippen LogP contribution in [-0.4, -0.2) is 62.2 Å². The second kappa shape index (κ2) is 8.23. The number of nitrogens with zero attached hydrogens (tertiary/aromatic N) is 2. The highest BCUT2D eigenvalue weighted by Gasteiger charge is 2.18. The number of rotatable bonds is 6. The van der Waals surface area contributed by atoms with Gasteiger partial charge in [0.05, 0.1) is 0 Å². The molecule has 0 atom stereocenters. The fraction of sp³-hybridized carbons (Fsp3) is 1.00. The predicted octanol–water partition coefficient (Wildman–Crippen LogP) is 2.32. The molecule has 1 N–H and O–H groups in total. The lowest BCUT2D eigenvalue weighted by molar-refractivity contribution is 0.186. The number of likely N-dealkylation sites (tertiary alicyclic amines) is 1. The number of hydrogen-bond donors (Lipinski definition) is 1. The lowest BCUT2D eigenvalue weighted by atomic mass is 9.94. The van der Waals surface area contributed by atoms with Gasteiger partial charge in [-0.2, -0.15) is 0 Å². The third-order valence-electron chi connectivity index (χ3n) is 5.04. The van der Waals surface area contributed by atoms with Crippen molar-refractivity contribution < 1.29 is 0 Å². The molecule has 0 bridgehead atoms. The number of piperidine rings is 1. The molecular weight excluding hydrogens is 234 g/mol. The van der Waals surface area contributed by atoms with Gasteiger partial charge in [-0.3, -0.25) is 0 Å². The number of nitrogens with one attached hydrogen (secondary N) is 1. The third kappa shape index (κ3) is 5.41. The Bertz CT molecular complexity index is 230. The molecule has 1 saturated heterocycles. The van der Waals surface area contributed by atoms with Crippen molar-refractivity contribution in [2.75, 3.05) is 40.3 Å². The van der Waals surface area contributed by atoms with Crippen molar-refractivity contribution in [2.24, 2.45) is 0 Å². The standard InChI is InChI=1S/C16H33N3/c1-18-13-9-15(10-14-18)17-11-6-12-19(2)16-7-4-3-5-8-16/h15-17H,3-14H2,1-2H3. The summed E-state index contributed by atoms with van der Waals surface area (Å²) in [6.07, 6.45) is 11.2. The molecule has 1 heterocycles. The molecule has 1 aliphatic heterocycles. The van der Waals surface area contributed by atoms with E-state index in [4.69, 9.17) is 0 Å². The van der Waals surface area contributed by atoms with Crippen LogP contribution < -0.4 is 5.32 Å². The molecule has 1 saturated carbocycles. The Hall–Kier alpha value is -0.120. The van der Waals surface area contributed by atoms with E-state index >= 15 is 0 Å². The summed E-state index contributed by atoms with van der Waals surface area (Å²) in [4.78, 5) is 5.05. The molecule has 0 spiro atoms. The van der Waals surface area contributed by atoms with Crippen LogP contribution in [0.3, 0.4) is 0 Å². The molecule has 0 aromatic carbocycles. The van der Waals surface area contributed by atoms with E-state index in [1.807, 2.05) is 0 Å². The van der Waals surface area contributed by atoms with E-state index in [2.05, 4.69) is 29.2 Å². The second-order valence-corrected chi connectivity index (χ2v) is 6.66. The van der Waals surface area contributed by atoms with Gasteiger partial charge in [0, 0.05) is 12.1 Å². The molecule has 0 aromatic heterocycles. The van der Waals surface area contributed by atoms with Gasteiger partial charge in [-0.15, -0.1) is 0 Å². The molecule has 0 amide bonds. The topological polar surface area (TPSA) is 18.5 Å². The Morgan fingerprint density at radius 1 is 1.05 bits per heavy atom. The minimum Gasteiger partial charge on any atom is -0.314 e. The third-order valence-corrected chi connectivity index (χ3v) is 5.04. The summed E-state index contributed by atoms with van der Waals surface area (Å²) in [6.45, 7) is 5.00. The summed E-state index contributed by atoms with van der Waals surface area (Å²) in [7, 11) is 4.56. The van der Waals surface area contributed by atoms with Gasteiger partial charge in [0.2, 0.25) is 0 Å². The molecule has 2 aliphatic rings. The van der Waals surface area contributed by atoms with E-state index in [9.17, 15) is 0 Å². The van der Waals surface area contributed by atoms with Gasteiger partial charge in [-0.1, -0.05) is 19.3 Å². The largest absolute Gasteiger partial charge is 0.314 e. The lowest BCUT2D eigenvalue weighted by Gasteiger charge is -2.32. The zero-order valence-corrected chi connectivity index (χ0v) is 13.0. The summed E-state index contributed by atoms with van der Waals surface area (Å²) in [5.74, 6) is 0. The summed E-state index contributed by atoms with van der Waals surface area (Å²) in [6, 6.07) is 1.65. The van der Waals surface area contributed by atoms with Gasteiger partial charge in [-0.05, 0) is 72.4 Å². The van der Waals surface area contributed by atoms with Crippen LogP contribution in [0.5, 0.6) is 0 Å². The van der Waals surface area contributed by atoms with E-state index in [-0.39, 0.29) is 0 Å². The minimum absolute atomic E-state index is 0.774. The van der Waals surface area contributed by atoms with Crippen LogP contribution in [-0.2, 0) is 0 Å². The van der Waals surface area contributed by atoms with Crippen molar-refractivity contribution in [3.05, 3.63) is 0 Å². The Labute approximate surface area is 119 Å². The summed E-state index contributed by atoms with van der Waals surface area (Å²) in [5.41, 5.74) is 0. The smallest absolute Gasteiger partial charge is 0.00922 e. The van der Waals surface area contributed by atoms with Crippen LogP contribution in [0.2, 0.25) is 0 Å². The van der Waals surface area contributed by atoms with Gasteiger partial charge < -0.3 is 15.1 Å². The van der Waals surface area contributed by atoms with Crippen molar-refractivity contribution in [2.45, 2.75) is 63.5 Å². The van der Waals surface area contributed by atoms with E-state index in [1.165, 1.54) is 77.5 Å². The van der Waals surface area contributed by atoms with Crippen molar-refractivity contribution in [1.82, 2.24) is 15.1 Å². The first-order valence-electron chi connectivity index (χ1n) is 8.38. The Morgan fingerprint density at radius 2 is 1.74 bits per heavy atom. The van der Waals surface area contributed by atoms with Crippen LogP contribution in [0.1, 0.15) is 51.4 Å². The Kier molecular flexibility index (Phi) is 6.62. The van der Waals surface area contributed by atoms with E-state index < -0.39 is 0 Å². The average molecular weight is 267 g/mol. The Morgan fingerprint density at radius 3 is 2.42 bits per heavy atom. The van der Waals surface area contributed by atoms with E-state index in [0.717, 1.165) is 12.1 Å². The summed E-state index contributed by atoms with van der Waals surface area (Å²) in [5, 5.41) is 3.75. The molecule has 2 fully saturated rings. The zero-order valence-electron chi connectivity index (χ0n) is 13.0. The quantitative estimate of drug-likeness (QED) is 0.745. The fourth-order valence-corrected chi connectivity index (χ4v) is 3.55. The molecule has 0 unspecified atom stereocenters. The Balaban J connectivity index is 1.51. The molecular formula is C16H33N3. The molecule has 1 aliphatic carbocycles. The van der Waals surface area contributed by atoms with E-state index in [0.29, 0.717) is 0 Å². The van der Waals surface area contributed by atoms with Crippen LogP contribution >= 0.6 is 0 Å². The lowest BCUT2D eigenvalue weighted by Crippen LogP contribution is -2.42. The van der Waals surface area contributed by atoms with Crippen LogP contribution in [0.15, 0.2) is 0 Å². The first-order chi connectivity index (χ1) is 9.25. The zero-order chi connectivity index (χ0) is 13.5. The molecule has 0 radical (unpaired) electrons. The molecule has 19 heavy (non-hydrogen) atoms.